The Balaban J connectivity index is 2.72. The van der Waals surface area contributed by atoms with Gasteiger partial charge >= 0.3 is 0 Å². The van der Waals surface area contributed by atoms with Crippen LogP contribution in [0.4, 0.5) is 0 Å². The zero-order chi connectivity index (χ0) is 6.41. The highest BCUT2D eigenvalue weighted by Gasteiger charge is 1.92. The van der Waals surface area contributed by atoms with Gasteiger partial charge in [-0.05, 0) is 19.5 Å². The van der Waals surface area contributed by atoms with Crippen LogP contribution in [0.2, 0.25) is 13.1 Å². The minimum Gasteiger partial charge on any atom is -0.421 e. The summed E-state index contributed by atoms with van der Waals surface area (Å²) in [5.41, 5.74) is 0. The fourth-order valence-electron chi connectivity index (χ4n) is 0.374. The molecule has 0 aliphatic carbocycles. The van der Waals surface area contributed by atoms with E-state index >= 15 is 0 Å². The Labute approximate surface area is 61.3 Å². The summed E-state index contributed by atoms with van der Waals surface area (Å²) in [6.45, 7) is 5.32. The van der Waals surface area contributed by atoms with Gasteiger partial charge in [0.05, 0.1) is 0 Å². The van der Waals surface area contributed by atoms with Gasteiger partial charge in [0, 0.05) is 11.9 Å². The van der Waals surface area contributed by atoms with E-state index in [1.54, 1.807) is 0 Å². The van der Waals surface area contributed by atoms with Gasteiger partial charge in [-0.25, -0.2) is 0 Å². The lowest BCUT2D eigenvalue weighted by Gasteiger charge is -2.02. The van der Waals surface area contributed by atoms with Crippen LogP contribution in [0.3, 0.4) is 0 Å². The molecule has 0 fully saturated rings. The van der Waals surface area contributed by atoms with E-state index in [0.29, 0.717) is 0 Å². The first-order chi connectivity index (χ1) is 3.77. The molecule has 0 aromatic heterocycles. The Bertz CT molecular complexity index is 49.7. The second kappa shape index (κ2) is 5.79. The second-order valence-corrected chi connectivity index (χ2v) is 5.19. The van der Waals surface area contributed by atoms with Crippen molar-refractivity contribution >= 4 is 25.0 Å². The van der Waals surface area contributed by atoms with Crippen LogP contribution in [0.1, 0.15) is 6.42 Å². The van der Waals surface area contributed by atoms with Gasteiger partial charge in [-0.1, -0.05) is 15.9 Å². The lowest BCUT2D eigenvalue weighted by atomic mass is 10.5. The van der Waals surface area contributed by atoms with Gasteiger partial charge < -0.3 is 4.43 Å². The molecular formula is C5H13BrOSi. The van der Waals surface area contributed by atoms with Gasteiger partial charge in [-0.3, -0.25) is 0 Å². The molecule has 0 aliphatic rings. The fourth-order valence-corrected chi connectivity index (χ4v) is 1.24. The molecule has 0 bridgehead atoms. The minimum atomic E-state index is -0.723. The predicted octanol–water partition coefficient (Wildman–Crippen LogP) is 1.77. The molecule has 0 spiro atoms. The van der Waals surface area contributed by atoms with E-state index in [1.807, 2.05) is 0 Å². The van der Waals surface area contributed by atoms with E-state index in [2.05, 4.69) is 29.0 Å². The van der Waals surface area contributed by atoms with Crippen LogP contribution in [0.5, 0.6) is 0 Å². The monoisotopic (exact) mass is 196 g/mol. The molecule has 50 valence electrons. The Hall–Kier alpha value is 0.657. The molecule has 8 heavy (non-hydrogen) atoms. The topological polar surface area (TPSA) is 9.23 Å². The van der Waals surface area contributed by atoms with Crippen molar-refractivity contribution in [3.8, 4) is 0 Å². The van der Waals surface area contributed by atoms with Crippen LogP contribution in [0.15, 0.2) is 0 Å². The van der Waals surface area contributed by atoms with Crippen molar-refractivity contribution < 1.29 is 4.43 Å². The standard InChI is InChI=1S/C5H13BrOSi/c1-8(2)7-5-3-4-6/h8H,3-5H2,1-2H3. The minimum absolute atomic E-state index is 0.723. The number of hydrogen-bond donors (Lipinski definition) is 0. The van der Waals surface area contributed by atoms with Crippen molar-refractivity contribution in [3.63, 3.8) is 0 Å². The second-order valence-electron chi connectivity index (χ2n) is 1.96. The van der Waals surface area contributed by atoms with Crippen molar-refractivity contribution in [1.29, 1.82) is 0 Å². The summed E-state index contributed by atoms with van der Waals surface area (Å²) in [6, 6.07) is 0. The van der Waals surface area contributed by atoms with Crippen LogP contribution in [0.25, 0.3) is 0 Å². The first-order valence-corrected chi connectivity index (χ1v) is 6.85. The van der Waals surface area contributed by atoms with Crippen molar-refractivity contribution in [2.75, 3.05) is 11.9 Å². The number of rotatable bonds is 4. The Morgan fingerprint density at radius 2 is 2.12 bits per heavy atom. The van der Waals surface area contributed by atoms with Gasteiger partial charge in [0.25, 0.3) is 0 Å². The molecule has 0 N–H and O–H groups in total. The summed E-state index contributed by atoms with van der Waals surface area (Å²) in [5, 5.41) is 1.06. The molecule has 0 aromatic rings. The quantitative estimate of drug-likeness (QED) is 0.379. The molecule has 0 radical (unpaired) electrons. The lowest BCUT2D eigenvalue weighted by molar-refractivity contribution is 0.328. The molecule has 0 saturated carbocycles. The summed E-state index contributed by atoms with van der Waals surface area (Å²) in [5.74, 6) is 0. The summed E-state index contributed by atoms with van der Waals surface area (Å²) in [7, 11) is -0.723. The van der Waals surface area contributed by atoms with Gasteiger partial charge in [0.1, 0.15) is 0 Å². The van der Waals surface area contributed by atoms with E-state index in [0.717, 1.165) is 18.4 Å². The highest BCUT2D eigenvalue weighted by molar-refractivity contribution is 9.09. The van der Waals surface area contributed by atoms with Gasteiger partial charge in [-0.15, -0.1) is 0 Å². The Morgan fingerprint density at radius 1 is 1.50 bits per heavy atom. The normalized spacial score (nSPS) is 10.5. The number of hydrogen-bond acceptors (Lipinski definition) is 1. The van der Waals surface area contributed by atoms with Gasteiger partial charge in [0.15, 0.2) is 9.04 Å². The highest BCUT2D eigenvalue weighted by Crippen LogP contribution is 1.90. The average molecular weight is 197 g/mol. The van der Waals surface area contributed by atoms with Crippen LogP contribution in [-0.4, -0.2) is 21.0 Å². The summed E-state index contributed by atoms with van der Waals surface area (Å²) < 4.78 is 5.39. The lowest BCUT2D eigenvalue weighted by Crippen LogP contribution is -2.08. The molecule has 1 nitrogen and oxygen atoms in total. The Morgan fingerprint density at radius 3 is 2.50 bits per heavy atom. The van der Waals surface area contributed by atoms with E-state index in [-0.39, 0.29) is 0 Å². The zero-order valence-corrected chi connectivity index (χ0v) is 8.23. The third-order valence-corrected chi connectivity index (χ3v) is 2.19. The highest BCUT2D eigenvalue weighted by atomic mass is 79.9. The Kier molecular flexibility index (Phi) is 6.26. The maximum absolute atomic E-state index is 5.39. The molecule has 0 atom stereocenters. The largest absolute Gasteiger partial charge is 0.421 e. The molecular weight excluding hydrogens is 184 g/mol. The summed E-state index contributed by atoms with van der Waals surface area (Å²) in [6.07, 6.45) is 1.14. The van der Waals surface area contributed by atoms with Crippen molar-refractivity contribution in [2.24, 2.45) is 0 Å². The molecule has 0 rings (SSSR count). The average Bonchev–Trinajstić information content (AvgIpc) is 1.66. The predicted molar refractivity (Wildman–Crippen MR) is 43.2 cm³/mol. The zero-order valence-electron chi connectivity index (χ0n) is 5.48. The maximum Gasteiger partial charge on any atom is 0.170 e. The van der Waals surface area contributed by atoms with Crippen LogP contribution < -0.4 is 0 Å². The maximum atomic E-state index is 5.39. The molecule has 0 heterocycles. The number of halogens is 1. The van der Waals surface area contributed by atoms with E-state index in [4.69, 9.17) is 4.43 Å². The van der Waals surface area contributed by atoms with Crippen molar-refractivity contribution in [3.05, 3.63) is 0 Å². The first kappa shape index (κ1) is 8.66. The molecule has 0 saturated heterocycles. The van der Waals surface area contributed by atoms with E-state index < -0.39 is 9.04 Å². The molecule has 0 unspecified atom stereocenters. The van der Waals surface area contributed by atoms with E-state index in [1.165, 1.54) is 0 Å². The number of alkyl halides is 1. The van der Waals surface area contributed by atoms with Gasteiger partial charge in [0.2, 0.25) is 0 Å². The van der Waals surface area contributed by atoms with E-state index in [9.17, 15) is 0 Å². The summed E-state index contributed by atoms with van der Waals surface area (Å²) >= 11 is 3.33. The SMILES string of the molecule is C[SiH](C)OCCCBr. The van der Waals surface area contributed by atoms with Gasteiger partial charge in [-0.2, -0.15) is 0 Å². The van der Waals surface area contributed by atoms with Crippen molar-refractivity contribution in [1.82, 2.24) is 0 Å². The molecule has 0 amide bonds. The van der Waals surface area contributed by atoms with Crippen LogP contribution in [0, 0.1) is 0 Å². The fraction of sp³-hybridized carbons (Fsp3) is 1.00. The first-order valence-electron chi connectivity index (χ1n) is 2.95. The smallest absolute Gasteiger partial charge is 0.170 e. The molecule has 0 aromatic carbocycles. The third kappa shape index (κ3) is 6.66. The molecule has 0 aliphatic heterocycles. The van der Waals surface area contributed by atoms with Crippen molar-refractivity contribution in [2.45, 2.75) is 19.5 Å². The summed E-state index contributed by atoms with van der Waals surface area (Å²) in [4.78, 5) is 0. The van der Waals surface area contributed by atoms with Crippen LogP contribution >= 0.6 is 15.9 Å². The molecule has 3 heteroatoms. The van der Waals surface area contributed by atoms with Crippen LogP contribution in [-0.2, 0) is 4.43 Å². The third-order valence-electron chi connectivity index (χ3n) is 0.729.